The zero-order valence-electron chi connectivity index (χ0n) is 17.2. The van der Waals surface area contributed by atoms with Crippen LogP contribution in [0.15, 0.2) is 48.5 Å². The number of esters is 1. The molecule has 0 radical (unpaired) electrons. The second-order valence-electron chi connectivity index (χ2n) is 7.08. The molecule has 32 heavy (non-hydrogen) atoms. The fourth-order valence-electron chi connectivity index (χ4n) is 3.15. The van der Waals surface area contributed by atoms with Crippen molar-refractivity contribution in [2.75, 3.05) is 24.3 Å². The van der Waals surface area contributed by atoms with Crippen LogP contribution in [0.4, 0.5) is 17.6 Å². The monoisotopic (exact) mass is 455 g/mol. The third-order valence-electron chi connectivity index (χ3n) is 4.69. The molecule has 3 N–H and O–H groups in total. The summed E-state index contributed by atoms with van der Waals surface area (Å²) in [5.74, 6) is 0.321. The van der Waals surface area contributed by atoms with Crippen molar-refractivity contribution in [3.05, 3.63) is 64.9 Å². The van der Waals surface area contributed by atoms with E-state index in [1.54, 1.807) is 48.5 Å². The number of nitrogen functional groups attached to an aromatic ring is 1. The standard InChI is InChI=1S/C22H22ClN5O4/c23-14-7-9-15(10-8-14)25-22-27-19(26-21(24)28-22)13-32-20(29)17-5-1-2-6-18(17)31-12-16-4-3-11-30-16/h1-2,5-10,16H,3-4,11-13H2,(H3,24,25,26,27,28). The maximum Gasteiger partial charge on any atom is 0.342 e. The molecule has 0 spiro atoms. The second kappa shape index (κ2) is 10.3. The molecule has 0 amide bonds. The van der Waals surface area contributed by atoms with Crippen molar-refractivity contribution in [2.45, 2.75) is 25.6 Å². The average molecular weight is 456 g/mol. The maximum atomic E-state index is 12.7. The summed E-state index contributed by atoms with van der Waals surface area (Å²) in [5, 5.41) is 3.62. The number of nitrogens with two attached hydrogens (primary N) is 1. The van der Waals surface area contributed by atoms with Crippen LogP contribution in [0.5, 0.6) is 5.75 Å². The SMILES string of the molecule is Nc1nc(COC(=O)c2ccccc2OCC2CCCO2)nc(Nc2ccc(Cl)cc2)n1. The highest BCUT2D eigenvalue weighted by Crippen LogP contribution is 2.22. The number of para-hydroxylation sites is 1. The first-order valence-electron chi connectivity index (χ1n) is 10.1. The topological polar surface area (TPSA) is 121 Å². The van der Waals surface area contributed by atoms with E-state index in [0.717, 1.165) is 25.1 Å². The molecule has 2 aromatic carbocycles. The molecule has 1 aliphatic rings. The first kappa shape index (κ1) is 21.8. The molecule has 1 aliphatic heterocycles. The largest absolute Gasteiger partial charge is 0.490 e. The van der Waals surface area contributed by atoms with Crippen molar-refractivity contribution >= 4 is 35.2 Å². The number of anilines is 3. The highest BCUT2D eigenvalue weighted by atomic mass is 35.5. The number of nitrogens with zero attached hydrogens (tertiary/aromatic N) is 3. The number of benzene rings is 2. The molecular weight excluding hydrogens is 434 g/mol. The lowest BCUT2D eigenvalue weighted by Gasteiger charge is -2.14. The highest BCUT2D eigenvalue weighted by Gasteiger charge is 2.19. The molecule has 1 atom stereocenters. The van der Waals surface area contributed by atoms with Crippen molar-refractivity contribution < 1.29 is 19.0 Å². The van der Waals surface area contributed by atoms with Gasteiger partial charge in [0.1, 0.15) is 17.9 Å². The van der Waals surface area contributed by atoms with Gasteiger partial charge in [-0.15, -0.1) is 0 Å². The lowest BCUT2D eigenvalue weighted by molar-refractivity contribution is 0.0445. The lowest BCUT2D eigenvalue weighted by Crippen LogP contribution is -2.18. The van der Waals surface area contributed by atoms with Crippen molar-refractivity contribution in [3.8, 4) is 5.75 Å². The molecular formula is C22H22ClN5O4. The first-order chi connectivity index (χ1) is 15.6. The number of carbonyl (C=O) groups is 1. The van der Waals surface area contributed by atoms with Crippen LogP contribution < -0.4 is 15.8 Å². The van der Waals surface area contributed by atoms with E-state index in [0.29, 0.717) is 22.9 Å². The van der Waals surface area contributed by atoms with Gasteiger partial charge in [0.2, 0.25) is 11.9 Å². The summed E-state index contributed by atoms with van der Waals surface area (Å²) < 4.78 is 16.8. The maximum absolute atomic E-state index is 12.7. The van der Waals surface area contributed by atoms with Crippen LogP contribution in [0.1, 0.15) is 29.0 Å². The first-order valence-corrected chi connectivity index (χ1v) is 10.5. The van der Waals surface area contributed by atoms with Gasteiger partial charge >= 0.3 is 5.97 Å². The Balaban J connectivity index is 1.39. The summed E-state index contributed by atoms with van der Waals surface area (Å²) in [6, 6.07) is 13.9. The molecule has 4 rings (SSSR count). The van der Waals surface area contributed by atoms with E-state index in [4.69, 9.17) is 31.5 Å². The van der Waals surface area contributed by atoms with Crippen LogP contribution in [0.2, 0.25) is 5.02 Å². The summed E-state index contributed by atoms with van der Waals surface area (Å²) in [6.07, 6.45) is 2.00. The Labute approximate surface area is 189 Å². The Bertz CT molecular complexity index is 1070. The Kier molecular flexibility index (Phi) is 6.98. The number of rotatable bonds is 8. The minimum absolute atomic E-state index is 0.00260. The minimum Gasteiger partial charge on any atom is -0.490 e. The van der Waals surface area contributed by atoms with Gasteiger partial charge in [0, 0.05) is 17.3 Å². The predicted octanol–water partition coefficient (Wildman–Crippen LogP) is 3.77. The van der Waals surface area contributed by atoms with Crippen molar-refractivity contribution in [1.82, 2.24) is 15.0 Å². The van der Waals surface area contributed by atoms with Gasteiger partial charge in [-0.3, -0.25) is 0 Å². The molecule has 3 aromatic rings. The van der Waals surface area contributed by atoms with Crippen LogP contribution in [0.25, 0.3) is 0 Å². The van der Waals surface area contributed by atoms with Gasteiger partial charge in [0.25, 0.3) is 0 Å². The Morgan fingerprint density at radius 2 is 1.97 bits per heavy atom. The van der Waals surface area contributed by atoms with Crippen LogP contribution in [-0.2, 0) is 16.1 Å². The predicted molar refractivity (Wildman–Crippen MR) is 119 cm³/mol. The third kappa shape index (κ3) is 5.83. The van der Waals surface area contributed by atoms with E-state index < -0.39 is 5.97 Å². The van der Waals surface area contributed by atoms with Gasteiger partial charge in [-0.2, -0.15) is 15.0 Å². The number of nitrogens with one attached hydrogen (secondary N) is 1. The molecule has 1 unspecified atom stereocenters. The summed E-state index contributed by atoms with van der Waals surface area (Å²) in [4.78, 5) is 25.0. The number of aromatic nitrogens is 3. The summed E-state index contributed by atoms with van der Waals surface area (Å²) in [6.45, 7) is 0.941. The minimum atomic E-state index is -0.556. The van der Waals surface area contributed by atoms with Gasteiger partial charge in [-0.1, -0.05) is 23.7 Å². The summed E-state index contributed by atoms with van der Waals surface area (Å²) in [7, 11) is 0. The number of hydrogen-bond donors (Lipinski definition) is 2. The lowest BCUT2D eigenvalue weighted by atomic mass is 10.2. The smallest absolute Gasteiger partial charge is 0.342 e. The average Bonchev–Trinajstić information content (AvgIpc) is 3.31. The zero-order valence-corrected chi connectivity index (χ0v) is 17.9. The quantitative estimate of drug-likeness (QED) is 0.488. The third-order valence-corrected chi connectivity index (χ3v) is 4.94. The zero-order chi connectivity index (χ0) is 22.3. The van der Waals surface area contributed by atoms with E-state index in [-0.39, 0.29) is 30.4 Å². The summed E-state index contributed by atoms with van der Waals surface area (Å²) >= 11 is 5.90. The fraction of sp³-hybridized carbons (Fsp3) is 0.273. The number of ether oxygens (including phenoxy) is 3. The second-order valence-corrected chi connectivity index (χ2v) is 7.52. The van der Waals surface area contributed by atoms with Gasteiger partial charge in [0.05, 0.1) is 6.10 Å². The van der Waals surface area contributed by atoms with E-state index in [1.165, 1.54) is 0 Å². The van der Waals surface area contributed by atoms with Gasteiger partial charge in [0.15, 0.2) is 12.4 Å². The van der Waals surface area contributed by atoms with Crippen molar-refractivity contribution in [1.29, 1.82) is 0 Å². The van der Waals surface area contributed by atoms with Crippen LogP contribution in [0.3, 0.4) is 0 Å². The van der Waals surface area contributed by atoms with Crippen LogP contribution >= 0.6 is 11.6 Å². The number of hydrogen-bond acceptors (Lipinski definition) is 9. The molecule has 0 saturated carbocycles. The van der Waals surface area contributed by atoms with E-state index >= 15 is 0 Å². The highest BCUT2D eigenvalue weighted by molar-refractivity contribution is 6.30. The van der Waals surface area contributed by atoms with Gasteiger partial charge < -0.3 is 25.3 Å². The van der Waals surface area contributed by atoms with Gasteiger partial charge in [-0.25, -0.2) is 4.79 Å². The Morgan fingerprint density at radius 1 is 1.16 bits per heavy atom. The molecule has 0 aliphatic carbocycles. The summed E-state index contributed by atoms with van der Waals surface area (Å²) in [5.41, 5.74) is 6.82. The molecule has 0 bridgehead atoms. The van der Waals surface area contributed by atoms with E-state index in [1.807, 2.05) is 0 Å². The van der Waals surface area contributed by atoms with E-state index in [2.05, 4.69) is 20.3 Å². The molecule has 10 heteroatoms. The molecule has 1 fully saturated rings. The van der Waals surface area contributed by atoms with Gasteiger partial charge in [-0.05, 0) is 49.2 Å². The number of halogens is 1. The van der Waals surface area contributed by atoms with Crippen molar-refractivity contribution in [3.63, 3.8) is 0 Å². The molecule has 9 nitrogen and oxygen atoms in total. The molecule has 166 valence electrons. The molecule has 1 aromatic heterocycles. The normalized spacial score (nSPS) is 15.3. The fourth-order valence-corrected chi connectivity index (χ4v) is 3.27. The number of carbonyl (C=O) groups excluding carboxylic acids is 1. The van der Waals surface area contributed by atoms with Crippen molar-refractivity contribution in [2.24, 2.45) is 0 Å². The Morgan fingerprint density at radius 3 is 2.75 bits per heavy atom. The van der Waals surface area contributed by atoms with Crippen LogP contribution in [-0.4, -0.2) is 40.2 Å². The van der Waals surface area contributed by atoms with Crippen LogP contribution in [0, 0.1) is 0 Å². The molecule has 1 saturated heterocycles. The Hall–Kier alpha value is -3.43. The molecule has 2 heterocycles. The van der Waals surface area contributed by atoms with E-state index in [9.17, 15) is 4.79 Å².